The summed E-state index contributed by atoms with van der Waals surface area (Å²) < 4.78 is 80.7. The van der Waals surface area contributed by atoms with E-state index < -0.39 is 47.1 Å². The first-order valence-corrected chi connectivity index (χ1v) is 22.9. The molecule has 3 aromatic carbocycles. The van der Waals surface area contributed by atoms with Crippen molar-refractivity contribution in [3.63, 3.8) is 0 Å². The van der Waals surface area contributed by atoms with Crippen LogP contribution in [0.1, 0.15) is 97.8 Å². The van der Waals surface area contributed by atoms with Crippen LogP contribution < -0.4 is 19.3 Å². The Balaban J connectivity index is 1.30. The van der Waals surface area contributed by atoms with Crippen molar-refractivity contribution in [1.82, 2.24) is 19.8 Å². The Morgan fingerprint density at radius 3 is 2.11 bits per heavy atom. The minimum Gasteiger partial charge on any atom is -0.497 e. The van der Waals surface area contributed by atoms with Crippen LogP contribution in [0.15, 0.2) is 54.6 Å². The summed E-state index contributed by atoms with van der Waals surface area (Å²) in [7, 11) is 5.26. The van der Waals surface area contributed by atoms with Gasteiger partial charge in [-0.05, 0) is 132 Å². The highest BCUT2D eigenvalue weighted by Crippen LogP contribution is 2.48. The molecule has 3 heterocycles. The monoisotopic (exact) mass is 913 g/mol. The summed E-state index contributed by atoms with van der Waals surface area (Å²) in [6.07, 6.45) is -1.41. The molecule has 2 fully saturated rings. The summed E-state index contributed by atoms with van der Waals surface area (Å²) in [6.45, 7) is 19.0. The van der Waals surface area contributed by atoms with Crippen molar-refractivity contribution in [3.8, 4) is 11.5 Å². The van der Waals surface area contributed by atoms with Gasteiger partial charge in [-0.25, -0.2) is 25.7 Å². The summed E-state index contributed by atoms with van der Waals surface area (Å²) in [5, 5.41) is 0. The predicted octanol–water partition coefficient (Wildman–Crippen LogP) is 10.1. The normalized spacial score (nSPS) is 20.2. The number of methoxy groups -OCH3 is 2. The molecule has 0 bridgehead atoms. The predicted molar refractivity (Wildman–Crippen MR) is 248 cm³/mol. The summed E-state index contributed by atoms with van der Waals surface area (Å²) in [6, 6.07) is 15.9. The number of aryl methyl sites for hydroxylation is 2. The SMILES string of the molecule is [C-]#[N+]CC1CN(c2nc(CC[C@@H]3CCCN3C)nc3c2CC(C)C(c2c(F)c(N(Cc4ccc(OC)cc4)Cc4ccc(OC)cc4)cc(C)c2C(F)(F)F)C3)CCN1C(=O)OC(C)(C)C. The third-order valence-corrected chi connectivity index (χ3v) is 13.4. The van der Waals surface area contributed by atoms with Gasteiger partial charge < -0.3 is 33.8 Å². The molecule has 1 aliphatic carbocycles. The number of aromatic nitrogens is 2. The maximum absolute atomic E-state index is 17.9. The Hall–Kier alpha value is -5.62. The first-order chi connectivity index (χ1) is 31.4. The zero-order valence-electron chi connectivity index (χ0n) is 39.5. The van der Waals surface area contributed by atoms with Crippen LogP contribution in [0.5, 0.6) is 11.5 Å². The lowest BCUT2D eigenvalue weighted by Crippen LogP contribution is -2.57. The molecule has 354 valence electrons. The van der Waals surface area contributed by atoms with E-state index in [-0.39, 0.29) is 42.9 Å². The number of piperazine rings is 1. The molecule has 1 amide bonds. The van der Waals surface area contributed by atoms with Gasteiger partial charge in [0.15, 0.2) is 5.82 Å². The minimum absolute atomic E-state index is 0.0557. The van der Waals surface area contributed by atoms with E-state index in [0.717, 1.165) is 42.5 Å². The number of hydrogen-bond acceptors (Lipinski definition) is 9. The van der Waals surface area contributed by atoms with Gasteiger partial charge in [0.25, 0.3) is 0 Å². The van der Waals surface area contributed by atoms with Crippen LogP contribution in [0.25, 0.3) is 4.85 Å². The number of fused-ring (bicyclic) bond motifs is 1. The van der Waals surface area contributed by atoms with Crippen molar-refractivity contribution < 1.29 is 36.6 Å². The molecular weight excluding hydrogens is 851 g/mol. The molecule has 2 aliphatic heterocycles. The van der Waals surface area contributed by atoms with Gasteiger partial charge in [0.1, 0.15) is 34.8 Å². The average molecular weight is 914 g/mol. The summed E-state index contributed by atoms with van der Waals surface area (Å²) in [4.78, 5) is 35.2. The van der Waals surface area contributed by atoms with Gasteiger partial charge >= 0.3 is 12.3 Å². The molecular formula is C51H63F4N7O4. The van der Waals surface area contributed by atoms with Gasteiger partial charge in [0.05, 0.1) is 31.2 Å². The second kappa shape index (κ2) is 20.1. The van der Waals surface area contributed by atoms with Crippen LogP contribution in [0.3, 0.4) is 0 Å². The van der Waals surface area contributed by atoms with E-state index in [1.165, 1.54) is 13.0 Å². The highest BCUT2D eigenvalue weighted by atomic mass is 19.4. The second-order valence-electron chi connectivity index (χ2n) is 19.2. The molecule has 3 unspecified atom stereocenters. The van der Waals surface area contributed by atoms with Crippen molar-refractivity contribution in [1.29, 1.82) is 0 Å². The number of alkyl halides is 3. The second-order valence-corrected chi connectivity index (χ2v) is 19.2. The van der Waals surface area contributed by atoms with Crippen LogP contribution in [0.2, 0.25) is 0 Å². The zero-order valence-corrected chi connectivity index (χ0v) is 39.5. The number of halogens is 4. The van der Waals surface area contributed by atoms with Crippen LogP contribution in [-0.4, -0.2) is 97.5 Å². The van der Waals surface area contributed by atoms with E-state index in [9.17, 15) is 4.79 Å². The number of amides is 1. The van der Waals surface area contributed by atoms with E-state index in [1.807, 2.05) is 55.5 Å². The lowest BCUT2D eigenvalue weighted by Gasteiger charge is -2.42. The van der Waals surface area contributed by atoms with Crippen LogP contribution in [0, 0.1) is 25.2 Å². The number of likely N-dealkylation sites (tertiary alicyclic amines) is 1. The fraction of sp³-hybridized carbons (Fsp3) is 0.529. The van der Waals surface area contributed by atoms with Gasteiger partial charge in [-0.1, -0.05) is 31.2 Å². The van der Waals surface area contributed by atoms with Crippen LogP contribution in [0.4, 0.5) is 33.9 Å². The summed E-state index contributed by atoms with van der Waals surface area (Å²) in [5.74, 6) is 0.352. The molecule has 1 aromatic heterocycles. The highest BCUT2D eigenvalue weighted by Gasteiger charge is 2.44. The molecule has 3 aliphatic rings. The first kappa shape index (κ1) is 48.3. The maximum atomic E-state index is 17.9. The lowest BCUT2D eigenvalue weighted by atomic mass is 9.73. The zero-order chi connectivity index (χ0) is 47.5. The first-order valence-electron chi connectivity index (χ1n) is 22.9. The molecule has 0 N–H and O–H groups in total. The van der Waals surface area contributed by atoms with E-state index in [2.05, 4.69) is 21.7 Å². The van der Waals surface area contributed by atoms with Gasteiger partial charge in [-0.3, -0.25) is 4.90 Å². The maximum Gasteiger partial charge on any atom is 0.417 e. The minimum atomic E-state index is -4.84. The molecule has 2 saturated heterocycles. The van der Waals surface area contributed by atoms with E-state index in [0.29, 0.717) is 67.4 Å². The summed E-state index contributed by atoms with van der Waals surface area (Å²) >= 11 is 0. The van der Waals surface area contributed by atoms with Crippen LogP contribution in [-0.2, 0) is 43.3 Å². The largest absolute Gasteiger partial charge is 0.497 e. The quantitative estimate of drug-likeness (QED) is 0.0961. The molecule has 7 rings (SSSR count). The fourth-order valence-electron chi connectivity index (χ4n) is 9.97. The number of anilines is 2. The van der Waals surface area contributed by atoms with Crippen molar-refractivity contribution in [3.05, 3.63) is 117 Å². The Labute approximate surface area is 386 Å². The van der Waals surface area contributed by atoms with Gasteiger partial charge in [-0.15, -0.1) is 0 Å². The smallest absolute Gasteiger partial charge is 0.417 e. The summed E-state index contributed by atoms with van der Waals surface area (Å²) in [5.41, 5.74) is 1.10. The van der Waals surface area contributed by atoms with E-state index in [4.69, 9.17) is 30.8 Å². The molecule has 0 radical (unpaired) electrons. The Kier molecular flexibility index (Phi) is 14.7. The van der Waals surface area contributed by atoms with Crippen molar-refractivity contribution >= 4 is 17.6 Å². The van der Waals surface area contributed by atoms with E-state index in [1.54, 1.807) is 44.8 Å². The molecule has 66 heavy (non-hydrogen) atoms. The Bertz CT molecular complexity index is 2330. The van der Waals surface area contributed by atoms with Crippen molar-refractivity contribution in [2.45, 2.75) is 116 Å². The lowest BCUT2D eigenvalue weighted by molar-refractivity contribution is -0.139. The number of hydrogen-bond donors (Lipinski definition) is 0. The van der Waals surface area contributed by atoms with Gasteiger partial charge in [0.2, 0.25) is 6.54 Å². The number of carbonyl (C=O) groups is 1. The molecule has 0 spiro atoms. The number of benzene rings is 3. The van der Waals surface area contributed by atoms with Crippen molar-refractivity contribution in [2.75, 3.05) is 63.8 Å². The standard InChI is InChI=1S/C51H63F4N7O4/c1-32-25-41-42(57-44(21-16-36-11-10-22-59(36)7)58-48(41)60-23-24-62(37(31-60)28-56-6)49(63)66-50(3,4)5)27-40(32)45-46(51(53,54)55)33(2)26-43(47(45)52)61(29-34-12-17-38(64-8)18-13-34)30-35-14-19-39(65-9)20-15-35/h12-15,17-20,26,32,36-37,40H,10-11,16,21-25,27-31H2,1-5,7-9H3/t32?,36-,37?,40?/m0/s1. The number of carbonyl (C=O) groups excluding carboxylic acids is 1. The van der Waals surface area contributed by atoms with Crippen LogP contribution >= 0.6 is 0 Å². The molecule has 11 nitrogen and oxygen atoms in total. The molecule has 4 atom stereocenters. The average Bonchev–Trinajstić information content (AvgIpc) is 3.69. The van der Waals surface area contributed by atoms with Gasteiger partial charge in [-0.2, -0.15) is 13.2 Å². The highest BCUT2D eigenvalue weighted by molar-refractivity contribution is 5.69. The fourth-order valence-corrected chi connectivity index (χ4v) is 9.97. The van der Waals surface area contributed by atoms with Crippen molar-refractivity contribution in [2.24, 2.45) is 5.92 Å². The topological polar surface area (TPSA) is 87.9 Å². The van der Waals surface area contributed by atoms with E-state index >= 15 is 17.6 Å². The molecule has 0 saturated carbocycles. The van der Waals surface area contributed by atoms with Gasteiger partial charge in [0, 0.05) is 56.3 Å². The molecule has 15 heteroatoms. The number of nitrogens with zero attached hydrogens (tertiary/aromatic N) is 7. The third kappa shape index (κ3) is 11.0. The third-order valence-electron chi connectivity index (χ3n) is 13.4. The number of ether oxygens (including phenoxy) is 3. The Morgan fingerprint density at radius 1 is 0.924 bits per heavy atom. The molecule has 4 aromatic rings. The number of rotatable bonds is 13. The Morgan fingerprint density at radius 2 is 1.56 bits per heavy atom.